The van der Waals surface area contributed by atoms with Gasteiger partial charge in [-0.15, -0.1) is 0 Å². The van der Waals surface area contributed by atoms with Gasteiger partial charge in [0.05, 0.1) is 17.5 Å². The molecule has 0 saturated carbocycles. The number of rotatable bonds is 5. The van der Waals surface area contributed by atoms with E-state index in [1.807, 2.05) is 0 Å². The van der Waals surface area contributed by atoms with Crippen LogP contribution in [0.1, 0.15) is 11.1 Å². The zero-order valence-electron chi connectivity index (χ0n) is 14.3. The van der Waals surface area contributed by atoms with Gasteiger partial charge in [0.25, 0.3) is 0 Å². The summed E-state index contributed by atoms with van der Waals surface area (Å²) >= 11 is 5.86. The molecular formula is C17H16ClF3N2O3S. The fourth-order valence-corrected chi connectivity index (χ4v) is 3.52. The maximum atomic E-state index is 12.8. The molecule has 0 atom stereocenters. The Kier molecular flexibility index (Phi) is 6.06. The Hall–Kier alpha value is -2.26. The van der Waals surface area contributed by atoms with E-state index in [4.69, 9.17) is 11.6 Å². The van der Waals surface area contributed by atoms with Gasteiger partial charge >= 0.3 is 6.18 Å². The number of aryl methyl sites for hydroxylation is 1. The van der Waals surface area contributed by atoms with Crippen molar-refractivity contribution in [3.05, 3.63) is 58.6 Å². The Balaban J connectivity index is 2.25. The lowest BCUT2D eigenvalue weighted by Gasteiger charge is -2.23. The molecule has 2 aromatic rings. The molecule has 2 rings (SSSR count). The van der Waals surface area contributed by atoms with Crippen LogP contribution in [0.4, 0.5) is 24.5 Å². The summed E-state index contributed by atoms with van der Waals surface area (Å²) in [5.41, 5.74) is -0.231. The standard InChI is InChI=1S/C17H16ClF3N2O3S/c1-11-8-13(18)6-7-15(11)23(27(2,25)26)10-16(24)22-14-5-3-4-12(9-14)17(19,20)21/h3-9H,10H2,1-2H3,(H,22,24). The van der Waals surface area contributed by atoms with Crippen molar-refractivity contribution in [3.8, 4) is 0 Å². The quantitative estimate of drug-likeness (QED) is 0.792. The average Bonchev–Trinajstić information content (AvgIpc) is 2.52. The highest BCUT2D eigenvalue weighted by atomic mass is 35.5. The number of nitrogens with one attached hydrogen (secondary N) is 1. The fraction of sp³-hybridized carbons (Fsp3) is 0.235. The van der Waals surface area contributed by atoms with Gasteiger partial charge in [-0.05, 0) is 48.9 Å². The zero-order chi connectivity index (χ0) is 20.4. The summed E-state index contributed by atoms with van der Waals surface area (Å²) in [6, 6.07) is 8.55. The van der Waals surface area contributed by atoms with Gasteiger partial charge in [0.1, 0.15) is 6.54 Å². The van der Waals surface area contributed by atoms with Crippen LogP contribution in [0, 0.1) is 6.92 Å². The lowest BCUT2D eigenvalue weighted by Crippen LogP contribution is -2.37. The number of hydrogen-bond acceptors (Lipinski definition) is 3. The highest BCUT2D eigenvalue weighted by Gasteiger charge is 2.30. The van der Waals surface area contributed by atoms with Gasteiger partial charge in [-0.3, -0.25) is 9.10 Å². The molecule has 0 aliphatic heterocycles. The summed E-state index contributed by atoms with van der Waals surface area (Å²) < 4.78 is 63.4. The number of sulfonamides is 1. The maximum Gasteiger partial charge on any atom is 0.416 e. The van der Waals surface area contributed by atoms with Crippen molar-refractivity contribution in [2.75, 3.05) is 22.4 Å². The van der Waals surface area contributed by atoms with Crippen molar-refractivity contribution in [1.29, 1.82) is 0 Å². The molecule has 5 nitrogen and oxygen atoms in total. The summed E-state index contributed by atoms with van der Waals surface area (Å²) in [5, 5.41) is 2.69. The van der Waals surface area contributed by atoms with Crippen LogP contribution >= 0.6 is 11.6 Å². The van der Waals surface area contributed by atoms with Crippen molar-refractivity contribution in [1.82, 2.24) is 0 Å². The molecule has 0 fully saturated rings. The minimum absolute atomic E-state index is 0.0869. The molecule has 0 spiro atoms. The summed E-state index contributed by atoms with van der Waals surface area (Å²) in [6.45, 7) is 1.03. The summed E-state index contributed by atoms with van der Waals surface area (Å²) in [4.78, 5) is 12.3. The van der Waals surface area contributed by atoms with Gasteiger partial charge < -0.3 is 5.32 Å². The van der Waals surface area contributed by atoms with Crippen LogP contribution in [0.3, 0.4) is 0 Å². The van der Waals surface area contributed by atoms with Gasteiger partial charge in [0.2, 0.25) is 15.9 Å². The normalized spacial score (nSPS) is 11.9. The number of hydrogen-bond donors (Lipinski definition) is 1. The van der Waals surface area contributed by atoms with Crippen LogP contribution in [0.25, 0.3) is 0 Å². The SMILES string of the molecule is Cc1cc(Cl)ccc1N(CC(=O)Nc1cccc(C(F)(F)F)c1)S(C)(=O)=O. The van der Waals surface area contributed by atoms with E-state index in [1.165, 1.54) is 18.2 Å². The average molecular weight is 421 g/mol. The van der Waals surface area contributed by atoms with E-state index in [-0.39, 0.29) is 11.4 Å². The van der Waals surface area contributed by atoms with Crippen LogP contribution in [0.2, 0.25) is 5.02 Å². The molecule has 0 bridgehead atoms. The second-order valence-electron chi connectivity index (χ2n) is 5.83. The first-order valence-corrected chi connectivity index (χ1v) is 9.81. The second-order valence-corrected chi connectivity index (χ2v) is 8.17. The molecule has 0 aliphatic rings. The number of anilines is 2. The van der Waals surface area contributed by atoms with E-state index in [2.05, 4.69) is 5.32 Å². The highest BCUT2D eigenvalue weighted by molar-refractivity contribution is 7.92. The van der Waals surface area contributed by atoms with E-state index in [9.17, 15) is 26.4 Å². The van der Waals surface area contributed by atoms with E-state index in [1.54, 1.807) is 13.0 Å². The van der Waals surface area contributed by atoms with Gasteiger partial charge in [0, 0.05) is 10.7 Å². The van der Waals surface area contributed by atoms with Crippen LogP contribution in [-0.4, -0.2) is 27.1 Å². The third kappa shape index (κ3) is 5.61. The number of amides is 1. The number of carbonyl (C=O) groups is 1. The summed E-state index contributed by atoms with van der Waals surface area (Å²) in [7, 11) is -3.82. The Morgan fingerprint density at radius 3 is 2.41 bits per heavy atom. The van der Waals surface area contributed by atoms with Crippen LogP contribution in [-0.2, 0) is 21.0 Å². The van der Waals surface area contributed by atoms with Gasteiger partial charge in [-0.1, -0.05) is 17.7 Å². The molecule has 0 aliphatic carbocycles. The minimum Gasteiger partial charge on any atom is -0.325 e. The lowest BCUT2D eigenvalue weighted by atomic mass is 10.2. The summed E-state index contributed by atoms with van der Waals surface area (Å²) in [5.74, 6) is -0.783. The molecule has 1 N–H and O–H groups in total. The summed E-state index contributed by atoms with van der Waals surface area (Å²) in [6.07, 6.45) is -3.63. The van der Waals surface area contributed by atoms with Crippen molar-refractivity contribution in [2.45, 2.75) is 13.1 Å². The number of benzene rings is 2. The Morgan fingerprint density at radius 2 is 1.85 bits per heavy atom. The van der Waals surface area contributed by atoms with Crippen molar-refractivity contribution in [3.63, 3.8) is 0 Å². The van der Waals surface area contributed by atoms with E-state index in [0.29, 0.717) is 10.6 Å². The Labute approximate surface area is 159 Å². The van der Waals surface area contributed by atoms with E-state index < -0.39 is 34.2 Å². The second kappa shape index (κ2) is 7.77. The first-order valence-electron chi connectivity index (χ1n) is 7.59. The van der Waals surface area contributed by atoms with E-state index >= 15 is 0 Å². The molecule has 0 saturated heterocycles. The van der Waals surface area contributed by atoms with Gasteiger partial charge in [-0.25, -0.2) is 8.42 Å². The number of nitrogens with zero attached hydrogens (tertiary/aromatic N) is 1. The molecule has 0 aromatic heterocycles. The zero-order valence-corrected chi connectivity index (χ0v) is 15.9. The van der Waals surface area contributed by atoms with Gasteiger partial charge in [0.15, 0.2) is 0 Å². The smallest absolute Gasteiger partial charge is 0.325 e. The van der Waals surface area contributed by atoms with Crippen molar-refractivity contribution in [2.24, 2.45) is 0 Å². The maximum absolute atomic E-state index is 12.8. The molecule has 146 valence electrons. The first-order chi connectivity index (χ1) is 12.4. The number of carbonyl (C=O) groups excluding carboxylic acids is 1. The van der Waals surface area contributed by atoms with Crippen LogP contribution < -0.4 is 9.62 Å². The molecule has 1 amide bonds. The third-order valence-electron chi connectivity index (χ3n) is 3.59. The molecule has 10 heteroatoms. The van der Waals surface area contributed by atoms with Crippen molar-refractivity contribution >= 4 is 38.9 Å². The van der Waals surface area contributed by atoms with Gasteiger partial charge in [-0.2, -0.15) is 13.2 Å². The molecule has 2 aromatic carbocycles. The minimum atomic E-state index is -4.56. The number of alkyl halides is 3. The fourth-order valence-electron chi connectivity index (χ4n) is 2.38. The Morgan fingerprint density at radius 1 is 1.19 bits per heavy atom. The monoisotopic (exact) mass is 420 g/mol. The van der Waals surface area contributed by atoms with Crippen LogP contribution in [0.5, 0.6) is 0 Å². The van der Waals surface area contributed by atoms with Crippen molar-refractivity contribution < 1.29 is 26.4 Å². The Bertz CT molecular complexity index is 962. The topological polar surface area (TPSA) is 66.5 Å². The first kappa shape index (κ1) is 21.0. The molecular weight excluding hydrogens is 405 g/mol. The van der Waals surface area contributed by atoms with E-state index in [0.717, 1.165) is 28.8 Å². The van der Waals surface area contributed by atoms with Crippen LogP contribution in [0.15, 0.2) is 42.5 Å². The lowest BCUT2D eigenvalue weighted by molar-refractivity contribution is -0.137. The highest BCUT2D eigenvalue weighted by Crippen LogP contribution is 2.31. The number of halogens is 4. The third-order valence-corrected chi connectivity index (χ3v) is 4.95. The predicted molar refractivity (Wildman–Crippen MR) is 98.5 cm³/mol. The molecule has 27 heavy (non-hydrogen) atoms. The predicted octanol–water partition coefficient (Wildman–Crippen LogP) is 4.07. The molecule has 0 unspecified atom stereocenters. The molecule has 0 heterocycles. The molecule has 0 radical (unpaired) electrons. The largest absolute Gasteiger partial charge is 0.416 e.